The van der Waals surface area contributed by atoms with Crippen LogP contribution in [0.25, 0.3) is 0 Å². The number of carbonyl (C=O) groups is 1. The van der Waals surface area contributed by atoms with Crippen LogP contribution in [0.3, 0.4) is 0 Å². The monoisotopic (exact) mass is 302 g/mol. The molecule has 2 rings (SSSR count). The van der Waals surface area contributed by atoms with Gasteiger partial charge in [0.15, 0.2) is 0 Å². The summed E-state index contributed by atoms with van der Waals surface area (Å²) in [7, 11) is 0. The van der Waals surface area contributed by atoms with E-state index in [2.05, 4.69) is 36.5 Å². The predicted molar refractivity (Wildman–Crippen MR) is 87.1 cm³/mol. The lowest BCUT2D eigenvalue weighted by Gasteiger charge is -2.22. The van der Waals surface area contributed by atoms with Crippen molar-refractivity contribution in [1.82, 2.24) is 9.78 Å². The van der Waals surface area contributed by atoms with Crippen molar-refractivity contribution in [2.24, 2.45) is 0 Å². The van der Waals surface area contributed by atoms with E-state index in [9.17, 15) is 4.79 Å². The van der Waals surface area contributed by atoms with Gasteiger partial charge in [0, 0.05) is 11.9 Å². The molecule has 118 valence electrons. The summed E-state index contributed by atoms with van der Waals surface area (Å²) >= 11 is 0. The first-order valence-electron chi connectivity index (χ1n) is 7.21. The number of hydrogen-bond acceptors (Lipinski definition) is 3. The standard InChI is InChI=1S/C16H22N4O2/c1-16(2,3)13-6-4-5-7-14(13)19-15(22)18-12-10-17-20(11-12)8-9-21/h4-7,10-11,21H,8-9H2,1-3H3,(H2,18,19,22). The molecule has 0 fully saturated rings. The molecule has 0 unspecified atom stereocenters. The first-order valence-corrected chi connectivity index (χ1v) is 7.21. The molecule has 1 heterocycles. The van der Waals surface area contributed by atoms with Gasteiger partial charge in [-0.25, -0.2) is 4.79 Å². The van der Waals surface area contributed by atoms with Gasteiger partial charge in [0.05, 0.1) is 25.0 Å². The Balaban J connectivity index is 2.06. The minimum atomic E-state index is -0.319. The average Bonchev–Trinajstić information content (AvgIpc) is 2.85. The highest BCUT2D eigenvalue weighted by Gasteiger charge is 2.18. The maximum atomic E-state index is 12.1. The highest BCUT2D eigenvalue weighted by Crippen LogP contribution is 2.29. The molecular weight excluding hydrogens is 280 g/mol. The Labute approximate surface area is 130 Å². The molecule has 6 nitrogen and oxygen atoms in total. The van der Waals surface area contributed by atoms with Crippen LogP contribution >= 0.6 is 0 Å². The van der Waals surface area contributed by atoms with E-state index in [1.165, 1.54) is 0 Å². The van der Waals surface area contributed by atoms with E-state index in [0.717, 1.165) is 11.3 Å². The molecule has 0 saturated carbocycles. The number of carbonyl (C=O) groups excluding carboxylic acids is 1. The lowest BCUT2D eigenvalue weighted by molar-refractivity contribution is 0.262. The smallest absolute Gasteiger partial charge is 0.323 e. The average molecular weight is 302 g/mol. The fraction of sp³-hybridized carbons (Fsp3) is 0.375. The van der Waals surface area contributed by atoms with Gasteiger partial charge in [-0.3, -0.25) is 4.68 Å². The van der Waals surface area contributed by atoms with Crippen LogP contribution in [0.15, 0.2) is 36.7 Å². The third kappa shape index (κ3) is 4.08. The molecule has 0 aliphatic heterocycles. The third-order valence-electron chi connectivity index (χ3n) is 3.20. The summed E-state index contributed by atoms with van der Waals surface area (Å²) in [6.45, 7) is 6.71. The molecule has 1 aromatic carbocycles. The van der Waals surface area contributed by atoms with Gasteiger partial charge in [-0.2, -0.15) is 5.10 Å². The second kappa shape index (κ2) is 6.62. The highest BCUT2D eigenvalue weighted by molar-refractivity contribution is 6.00. The van der Waals surface area contributed by atoms with Crippen molar-refractivity contribution in [2.75, 3.05) is 17.2 Å². The zero-order valence-electron chi connectivity index (χ0n) is 13.1. The zero-order chi connectivity index (χ0) is 16.2. The molecule has 2 amide bonds. The number of aliphatic hydroxyl groups is 1. The largest absolute Gasteiger partial charge is 0.394 e. The van der Waals surface area contributed by atoms with E-state index in [-0.39, 0.29) is 18.1 Å². The van der Waals surface area contributed by atoms with Gasteiger partial charge in [-0.05, 0) is 17.0 Å². The Morgan fingerprint density at radius 2 is 2.00 bits per heavy atom. The molecule has 0 bridgehead atoms. The van der Waals surface area contributed by atoms with Crippen molar-refractivity contribution < 1.29 is 9.90 Å². The van der Waals surface area contributed by atoms with Crippen LogP contribution in [0.5, 0.6) is 0 Å². The van der Waals surface area contributed by atoms with Gasteiger partial charge < -0.3 is 15.7 Å². The lowest BCUT2D eigenvalue weighted by Crippen LogP contribution is -2.22. The van der Waals surface area contributed by atoms with Crippen molar-refractivity contribution in [3.05, 3.63) is 42.2 Å². The Bertz CT molecular complexity index is 644. The molecule has 2 aromatic rings. The quantitative estimate of drug-likeness (QED) is 0.812. The fourth-order valence-corrected chi connectivity index (χ4v) is 2.18. The number of nitrogens with zero attached hydrogens (tertiary/aromatic N) is 2. The van der Waals surface area contributed by atoms with Gasteiger partial charge in [0.2, 0.25) is 0 Å². The van der Waals surface area contributed by atoms with Crippen LogP contribution in [0.4, 0.5) is 16.2 Å². The number of anilines is 2. The van der Waals surface area contributed by atoms with Crippen molar-refractivity contribution in [2.45, 2.75) is 32.7 Å². The number of para-hydroxylation sites is 1. The topological polar surface area (TPSA) is 79.2 Å². The van der Waals surface area contributed by atoms with Crippen LogP contribution in [-0.2, 0) is 12.0 Å². The number of rotatable bonds is 4. The predicted octanol–water partition coefficient (Wildman–Crippen LogP) is 2.82. The highest BCUT2D eigenvalue weighted by atomic mass is 16.3. The number of aliphatic hydroxyl groups excluding tert-OH is 1. The molecule has 6 heteroatoms. The third-order valence-corrected chi connectivity index (χ3v) is 3.20. The minimum absolute atomic E-state index is 0.00622. The normalized spacial score (nSPS) is 11.3. The van der Waals surface area contributed by atoms with E-state index in [1.807, 2.05) is 24.3 Å². The first-order chi connectivity index (χ1) is 10.4. The molecule has 0 spiro atoms. The summed E-state index contributed by atoms with van der Waals surface area (Å²) < 4.78 is 1.57. The SMILES string of the molecule is CC(C)(C)c1ccccc1NC(=O)Nc1cnn(CCO)c1. The number of amides is 2. The number of urea groups is 1. The van der Waals surface area contributed by atoms with Crippen LogP contribution in [0.1, 0.15) is 26.3 Å². The summed E-state index contributed by atoms with van der Waals surface area (Å²) in [6, 6.07) is 7.43. The minimum Gasteiger partial charge on any atom is -0.394 e. The number of aromatic nitrogens is 2. The molecule has 0 atom stereocenters. The molecule has 0 saturated heterocycles. The van der Waals surface area contributed by atoms with Gasteiger partial charge in [-0.15, -0.1) is 0 Å². The number of hydrogen-bond donors (Lipinski definition) is 3. The van der Waals surface area contributed by atoms with Crippen molar-refractivity contribution in [3.8, 4) is 0 Å². The van der Waals surface area contributed by atoms with E-state index in [4.69, 9.17) is 5.11 Å². The molecule has 1 aromatic heterocycles. The molecule has 22 heavy (non-hydrogen) atoms. The maximum absolute atomic E-state index is 12.1. The second-order valence-corrected chi connectivity index (χ2v) is 6.09. The van der Waals surface area contributed by atoms with E-state index < -0.39 is 0 Å². The Morgan fingerprint density at radius 1 is 1.27 bits per heavy atom. The van der Waals surface area contributed by atoms with Crippen molar-refractivity contribution >= 4 is 17.4 Å². The van der Waals surface area contributed by atoms with E-state index in [0.29, 0.717) is 12.2 Å². The van der Waals surface area contributed by atoms with Gasteiger partial charge in [-0.1, -0.05) is 39.0 Å². The zero-order valence-corrected chi connectivity index (χ0v) is 13.1. The summed E-state index contributed by atoms with van der Waals surface area (Å²) in [4.78, 5) is 12.1. The number of benzene rings is 1. The van der Waals surface area contributed by atoms with Gasteiger partial charge in [0.25, 0.3) is 0 Å². The summed E-state index contributed by atoms with van der Waals surface area (Å²) in [5.74, 6) is 0. The maximum Gasteiger partial charge on any atom is 0.323 e. The van der Waals surface area contributed by atoms with Crippen LogP contribution in [-0.4, -0.2) is 27.5 Å². The molecule has 3 N–H and O–H groups in total. The second-order valence-electron chi connectivity index (χ2n) is 6.09. The van der Waals surface area contributed by atoms with E-state index in [1.54, 1.807) is 17.1 Å². The lowest BCUT2D eigenvalue weighted by atomic mass is 9.86. The van der Waals surface area contributed by atoms with Crippen molar-refractivity contribution in [1.29, 1.82) is 0 Å². The molecule has 0 radical (unpaired) electrons. The molecular formula is C16H22N4O2. The number of nitrogens with one attached hydrogen (secondary N) is 2. The Hall–Kier alpha value is -2.34. The summed E-state index contributed by atoms with van der Waals surface area (Å²) in [6.07, 6.45) is 3.22. The fourth-order valence-electron chi connectivity index (χ4n) is 2.18. The summed E-state index contributed by atoms with van der Waals surface area (Å²) in [5.41, 5.74) is 2.38. The van der Waals surface area contributed by atoms with Crippen molar-refractivity contribution in [3.63, 3.8) is 0 Å². The Kier molecular flexibility index (Phi) is 4.82. The van der Waals surface area contributed by atoms with Gasteiger partial charge >= 0.3 is 6.03 Å². The first kappa shape index (κ1) is 16.0. The van der Waals surface area contributed by atoms with Crippen LogP contribution < -0.4 is 10.6 Å². The van der Waals surface area contributed by atoms with E-state index >= 15 is 0 Å². The molecule has 0 aliphatic rings. The van der Waals surface area contributed by atoms with Crippen LogP contribution in [0.2, 0.25) is 0 Å². The molecule has 0 aliphatic carbocycles. The Morgan fingerprint density at radius 3 is 2.68 bits per heavy atom. The summed E-state index contributed by atoms with van der Waals surface area (Å²) in [5, 5.41) is 18.5. The van der Waals surface area contributed by atoms with Crippen LogP contribution in [0, 0.1) is 0 Å². The van der Waals surface area contributed by atoms with Gasteiger partial charge in [0.1, 0.15) is 0 Å².